The zero-order chi connectivity index (χ0) is 20.4. The van der Waals surface area contributed by atoms with Crippen LogP contribution in [0.5, 0.6) is 5.88 Å². The van der Waals surface area contributed by atoms with E-state index in [1.165, 1.54) is 6.20 Å². The van der Waals surface area contributed by atoms with Gasteiger partial charge in [0.25, 0.3) is 5.88 Å². The Kier molecular flexibility index (Phi) is 11.5. The van der Waals surface area contributed by atoms with Crippen LogP contribution in [0.3, 0.4) is 0 Å². The van der Waals surface area contributed by atoms with Crippen LogP contribution in [-0.2, 0) is 16.5 Å². The Bertz CT molecular complexity index is 638. The first-order chi connectivity index (χ1) is 12.2. The summed E-state index contributed by atoms with van der Waals surface area (Å²) in [6.07, 6.45) is 3.38. The summed E-state index contributed by atoms with van der Waals surface area (Å²) < 4.78 is 66.5. The summed E-state index contributed by atoms with van der Waals surface area (Å²) in [6.45, 7) is 8.41. The van der Waals surface area contributed by atoms with Crippen LogP contribution in [0.2, 0.25) is 0 Å². The summed E-state index contributed by atoms with van der Waals surface area (Å²) in [7, 11) is -5.49. The molecule has 5 nitrogen and oxygen atoms in total. The second kappa shape index (κ2) is 11.9. The zero-order valence-electron chi connectivity index (χ0n) is 15.3. The van der Waals surface area contributed by atoms with Gasteiger partial charge in [-0.3, -0.25) is 0 Å². The Morgan fingerprint density at radius 2 is 1.92 bits per heavy atom. The van der Waals surface area contributed by atoms with Crippen molar-refractivity contribution < 1.29 is 25.8 Å². The number of alkyl halides is 3. The van der Waals surface area contributed by atoms with Crippen LogP contribution in [-0.4, -0.2) is 37.4 Å². The molecule has 26 heavy (non-hydrogen) atoms. The SMILES string of the molecule is CC.CCCN(PCC)c1cc(CCS)cnc1OS(=O)(=O)C(F)(F)F. The largest absolute Gasteiger partial charge is 0.534 e. The minimum Gasteiger partial charge on any atom is -0.353 e. The molecule has 0 aliphatic heterocycles. The number of aromatic nitrogens is 1. The highest BCUT2D eigenvalue weighted by Gasteiger charge is 2.49. The normalized spacial score (nSPS) is 12.0. The molecule has 1 rings (SSSR count). The molecule has 0 radical (unpaired) electrons. The maximum absolute atomic E-state index is 12.6. The van der Waals surface area contributed by atoms with Gasteiger partial charge in [0.1, 0.15) is 5.69 Å². The molecule has 0 N–H and O–H groups in total. The molecule has 1 atom stereocenters. The average molecular weight is 434 g/mol. The fraction of sp³-hybridized carbons (Fsp3) is 0.667. The molecule has 0 aliphatic carbocycles. The number of nitrogens with zero attached hydrogens (tertiary/aromatic N) is 2. The maximum atomic E-state index is 12.6. The van der Waals surface area contributed by atoms with Crippen LogP contribution in [0.15, 0.2) is 12.3 Å². The van der Waals surface area contributed by atoms with Gasteiger partial charge >= 0.3 is 15.6 Å². The molecule has 1 heterocycles. The minimum absolute atomic E-state index is 0.254. The summed E-state index contributed by atoms with van der Waals surface area (Å²) in [6, 6.07) is 1.61. The molecule has 11 heteroatoms. The van der Waals surface area contributed by atoms with Gasteiger partial charge in [0.15, 0.2) is 0 Å². The molecule has 0 saturated carbocycles. The number of pyridine rings is 1. The van der Waals surface area contributed by atoms with E-state index in [4.69, 9.17) is 0 Å². The summed E-state index contributed by atoms with van der Waals surface area (Å²) in [5, 5.41) is 0. The molecule has 0 fully saturated rings. The number of aryl methyl sites for hydroxylation is 1. The Balaban J connectivity index is 0.00000301. The Labute approximate surface area is 161 Å². The molecule has 1 unspecified atom stereocenters. The second-order valence-corrected chi connectivity index (χ2v) is 8.34. The van der Waals surface area contributed by atoms with Gasteiger partial charge in [-0.05, 0) is 45.1 Å². The van der Waals surface area contributed by atoms with Crippen molar-refractivity contribution in [1.29, 1.82) is 0 Å². The van der Waals surface area contributed by atoms with Crippen LogP contribution in [0.4, 0.5) is 18.9 Å². The van der Waals surface area contributed by atoms with Gasteiger partial charge in [0.05, 0.1) is 0 Å². The van der Waals surface area contributed by atoms with E-state index in [-0.39, 0.29) is 14.4 Å². The first kappa shape index (κ1) is 25.3. The van der Waals surface area contributed by atoms with Crippen molar-refractivity contribution in [2.45, 2.75) is 46.0 Å². The number of rotatable bonds is 9. The number of hydrogen-bond donors (Lipinski definition) is 1. The van der Waals surface area contributed by atoms with Crippen LogP contribution < -0.4 is 8.85 Å². The highest BCUT2D eigenvalue weighted by atomic mass is 32.2. The van der Waals surface area contributed by atoms with Crippen molar-refractivity contribution in [2.75, 3.05) is 23.1 Å². The molecule has 0 saturated heterocycles. The first-order valence-electron chi connectivity index (χ1n) is 8.27. The highest BCUT2D eigenvalue weighted by Crippen LogP contribution is 2.37. The number of halogens is 3. The lowest BCUT2D eigenvalue weighted by molar-refractivity contribution is -0.0501. The maximum Gasteiger partial charge on any atom is 0.534 e. The third kappa shape index (κ3) is 7.48. The number of anilines is 1. The van der Waals surface area contributed by atoms with Crippen molar-refractivity contribution in [3.8, 4) is 5.88 Å². The van der Waals surface area contributed by atoms with E-state index in [1.54, 1.807) is 10.7 Å². The Hall–Kier alpha value is -0.730. The molecule has 1 aromatic heterocycles. The zero-order valence-corrected chi connectivity index (χ0v) is 18.0. The minimum atomic E-state index is -5.76. The molecule has 1 aromatic rings. The summed E-state index contributed by atoms with van der Waals surface area (Å²) in [5.74, 6) is -0.0175. The fourth-order valence-electron chi connectivity index (χ4n) is 1.86. The van der Waals surface area contributed by atoms with Gasteiger partial charge in [0, 0.05) is 12.7 Å². The third-order valence-electron chi connectivity index (χ3n) is 2.85. The quantitative estimate of drug-likeness (QED) is 0.266. The fourth-order valence-corrected chi connectivity index (χ4v) is 3.64. The van der Waals surface area contributed by atoms with Crippen molar-refractivity contribution >= 4 is 37.2 Å². The second-order valence-electron chi connectivity index (χ2n) is 4.79. The highest BCUT2D eigenvalue weighted by molar-refractivity contribution is 7.88. The number of thiol groups is 1. The van der Waals surface area contributed by atoms with E-state index in [1.807, 2.05) is 27.7 Å². The molecule has 0 amide bonds. The van der Waals surface area contributed by atoms with Crippen LogP contribution in [0.1, 0.15) is 39.7 Å². The summed E-state index contributed by atoms with van der Waals surface area (Å²) in [5.41, 5.74) is -4.50. The molecular weight excluding hydrogens is 408 g/mol. The van der Waals surface area contributed by atoms with Gasteiger partial charge in [-0.15, -0.1) is 0 Å². The van der Waals surface area contributed by atoms with Crippen molar-refractivity contribution in [3.05, 3.63) is 17.8 Å². The predicted octanol–water partition coefficient (Wildman–Crippen LogP) is 4.64. The van der Waals surface area contributed by atoms with E-state index >= 15 is 0 Å². The lowest BCUT2D eigenvalue weighted by Crippen LogP contribution is -2.29. The molecular formula is C15H26F3N2O3PS2. The van der Waals surface area contributed by atoms with E-state index in [2.05, 4.69) is 21.8 Å². The smallest absolute Gasteiger partial charge is 0.353 e. The van der Waals surface area contributed by atoms with Gasteiger partial charge < -0.3 is 8.85 Å². The molecule has 0 aromatic carbocycles. The summed E-state index contributed by atoms with van der Waals surface area (Å²) >= 11 is 4.12. The van der Waals surface area contributed by atoms with Crippen LogP contribution >= 0.6 is 21.4 Å². The van der Waals surface area contributed by atoms with Gasteiger partial charge in [-0.2, -0.15) is 34.2 Å². The predicted molar refractivity (Wildman–Crippen MR) is 105 cm³/mol. The van der Waals surface area contributed by atoms with E-state index < -0.39 is 21.5 Å². The van der Waals surface area contributed by atoms with Gasteiger partial charge in [0.2, 0.25) is 0 Å². The lowest BCUT2D eigenvalue weighted by Gasteiger charge is -2.25. The monoisotopic (exact) mass is 434 g/mol. The Morgan fingerprint density at radius 3 is 2.38 bits per heavy atom. The first-order valence-corrected chi connectivity index (χ1v) is 11.5. The standard InChI is InChI=1S/C13H20F3N2O3PS2.C2H6/c1-3-6-18(22-4-2)11-8-10(5-7-23)9-17-12(11)21-24(19,20)13(14,15)16;1-2/h8-9,22-23H,3-7H2,1-2H3;1-2H3. The van der Waals surface area contributed by atoms with E-state index in [0.29, 0.717) is 18.7 Å². The van der Waals surface area contributed by atoms with Crippen LogP contribution in [0, 0.1) is 0 Å². The van der Waals surface area contributed by atoms with Gasteiger partial charge in [-0.1, -0.05) is 27.7 Å². The lowest BCUT2D eigenvalue weighted by atomic mass is 10.2. The number of hydrogen-bond acceptors (Lipinski definition) is 6. The average Bonchev–Trinajstić information content (AvgIpc) is 2.57. The molecule has 152 valence electrons. The molecule has 0 bridgehead atoms. The van der Waals surface area contributed by atoms with E-state index in [9.17, 15) is 21.6 Å². The van der Waals surface area contributed by atoms with E-state index in [0.717, 1.165) is 18.1 Å². The van der Waals surface area contributed by atoms with Crippen molar-refractivity contribution in [1.82, 2.24) is 4.98 Å². The topological polar surface area (TPSA) is 59.5 Å². The summed E-state index contributed by atoms with van der Waals surface area (Å²) in [4.78, 5) is 3.81. The van der Waals surface area contributed by atoms with Crippen molar-refractivity contribution in [2.24, 2.45) is 0 Å². The van der Waals surface area contributed by atoms with Gasteiger partial charge in [-0.25, -0.2) is 4.98 Å². The molecule has 0 spiro atoms. The third-order valence-corrected chi connectivity index (χ3v) is 5.18. The van der Waals surface area contributed by atoms with Crippen LogP contribution in [0.25, 0.3) is 0 Å². The van der Waals surface area contributed by atoms with Crippen molar-refractivity contribution in [3.63, 3.8) is 0 Å². The Morgan fingerprint density at radius 1 is 1.31 bits per heavy atom. The molecule has 0 aliphatic rings.